The summed E-state index contributed by atoms with van der Waals surface area (Å²) in [5.41, 5.74) is 1.64. The molecule has 0 N–H and O–H groups in total. The number of esters is 1. The molecule has 4 rings (SSSR count). The third kappa shape index (κ3) is 3.97. The molecule has 2 atom stereocenters. The Hall–Kier alpha value is -2.34. The molecule has 6 heteroatoms. The Labute approximate surface area is 177 Å². The molecule has 1 aliphatic carbocycles. The zero-order valence-electron chi connectivity index (χ0n) is 18.3. The Morgan fingerprint density at radius 2 is 1.97 bits per heavy atom. The molecule has 1 aliphatic heterocycles. The van der Waals surface area contributed by atoms with Crippen LogP contribution in [0, 0.1) is 10.8 Å². The number of carbonyl (C=O) groups excluding carboxylic acids is 2. The number of hydrogen-bond donors (Lipinski definition) is 0. The minimum atomic E-state index is -0.622. The molecule has 2 heterocycles. The van der Waals surface area contributed by atoms with Crippen molar-refractivity contribution >= 4 is 22.8 Å². The van der Waals surface area contributed by atoms with Crippen molar-refractivity contribution in [3.05, 3.63) is 35.6 Å². The Morgan fingerprint density at radius 3 is 2.73 bits per heavy atom. The van der Waals surface area contributed by atoms with Crippen molar-refractivity contribution in [1.29, 1.82) is 0 Å². The average molecular weight is 414 g/mol. The number of benzene rings is 1. The highest BCUT2D eigenvalue weighted by atomic mass is 16.5. The number of rotatable bonds is 6. The lowest BCUT2D eigenvalue weighted by Crippen LogP contribution is -2.39. The minimum absolute atomic E-state index is 0.116. The number of furan rings is 1. The summed E-state index contributed by atoms with van der Waals surface area (Å²) in [4.78, 5) is 27.6. The maximum absolute atomic E-state index is 12.9. The van der Waals surface area contributed by atoms with E-state index >= 15 is 0 Å². The summed E-state index contributed by atoms with van der Waals surface area (Å²) in [6, 6.07) is 7.66. The number of likely N-dealkylation sites (tertiary alicyclic amines) is 1. The summed E-state index contributed by atoms with van der Waals surface area (Å²) in [6.45, 7) is 9.95. The topological polar surface area (TPSA) is 69.0 Å². The van der Waals surface area contributed by atoms with E-state index in [1.54, 1.807) is 6.07 Å². The number of para-hydroxylation sites is 1. The van der Waals surface area contributed by atoms with Crippen LogP contribution in [-0.2, 0) is 20.9 Å². The van der Waals surface area contributed by atoms with Crippen LogP contribution >= 0.6 is 0 Å². The standard InChI is InChI=1S/C24H31NO5/c1-5-28-12-18-17-8-6-7-9-19(17)30-21(18)22(27)29-13-20(26)25-15-24(4)11-16(25)10-23(2,3)14-24/h6-9,16H,5,10-15H2,1-4H3/t16-,24-/m1/s1. The van der Waals surface area contributed by atoms with Crippen LogP contribution in [0.2, 0.25) is 0 Å². The summed E-state index contributed by atoms with van der Waals surface area (Å²) >= 11 is 0. The van der Waals surface area contributed by atoms with Crippen LogP contribution < -0.4 is 0 Å². The van der Waals surface area contributed by atoms with Gasteiger partial charge in [-0.25, -0.2) is 4.79 Å². The molecule has 1 aromatic carbocycles. The van der Waals surface area contributed by atoms with E-state index in [9.17, 15) is 9.59 Å². The van der Waals surface area contributed by atoms with E-state index in [4.69, 9.17) is 13.9 Å². The monoisotopic (exact) mass is 413 g/mol. The van der Waals surface area contributed by atoms with Gasteiger partial charge in [-0.3, -0.25) is 4.79 Å². The van der Waals surface area contributed by atoms with Crippen LogP contribution in [0.5, 0.6) is 0 Å². The molecule has 2 fully saturated rings. The largest absolute Gasteiger partial charge is 0.450 e. The van der Waals surface area contributed by atoms with E-state index < -0.39 is 5.97 Å². The lowest BCUT2D eigenvalue weighted by molar-refractivity contribution is -0.135. The van der Waals surface area contributed by atoms with Gasteiger partial charge in [0.05, 0.1) is 6.61 Å². The van der Waals surface area contributed by atoms with Crippen molar-refractivity contribution in [3.8, 4) is 0 Å². The number of fused-ring (bicyclic) bond motifs is 3. The van der Waals surface area contributed by atoms with Crippen LogP contribution in [0.1, 0.15) is 63.1 Å². The molecule has 162 valence electrons. The summed E-state index contributed by atoms with van der Waals surface area (Å²) < 4.78 is 16.7. The quantitative estimate of drug-likeness (QED) is 0.650. The van der Waals surface area contributed by atoms with Gasteiger partial charge in [-0.05, 0) is 43.1 Å². The molecule has 0 radical (unpaired) electrons. The Morgan fingerprint density at radius 1 is 1.20 bits per heavy atom. The second kappa shape index (κ2) is 7.73. The van der Waals surface area contributed by atoms with Gasteiger partial charge >= 0.3 is 5.97 Å². The molecule has 1 aromatic heterocycles. The molecule has 2 bridgehead atoms. The number of amides is 1. The van der Waals surface area contributed by atoms with E-state index in [2.05, 4.69) is 20.8 Å². The van der Waals surface area contributed by atoms with Crippen LogP contribution in [0.25, 0.3) is 11.0 Å². The Balaban J connectivity index is 1.46. The van der Waals surface area contributed by atoms with E-state index in [-0.39, 0.29) is 41.8 Å². The molecule has 0 unspecified atom stereocenters. The van der Waals surface area contributed by atoms with Crippen molar-refractivity contribution in [2.24, 2.45) is 10.8 Å². The lowest BCUT2D eigenvalue weighted by atomic mass is 9.65. The van der Waals surface area contributed by atoms with Crippen LogP contribution in [0.3, 0.4) is 0 Å². The third-order valence-electron chi connectivity index (χ3n) is 6.40. The SMILES string of the molecule is CCOCc1c(C(=O)OCC(=O)N2C[C@]3(C)C[C@H]2CC(C)(C)C3)oc2ccccc12. The van der Waals surface area contributed by atoms with E-state index in [1.165, 1.54) is 0 Å². The van der Waals surface area contributed by atoms with Crippen molar-refractivity contribution in [1.82, 2.24) is 4.90 Å². The fraction of sp³-hybridized carbons (Fsp3) is 0.583. The van der Waals surface area contributed by atoms with Crippen LogP contribution in [0.4, 0.5) is 0 Å². The zero-order chi connectivity index (χ0) is 21.5. The van der Waals surface area contributed by atoms with Crippen molar-refractivity contribution < 1.29 is 23.5 Å². The second-order valence-electron chi connectivity index (χ2n) is 9.85. The predicted molar refractivity (Wildman–Crippen MR) is 113 cm³/mol. The first-order valence-corrected chi connectivity index (χ1v) is 10.8. The molecule has 1 saturated heterocycles. The molecular formula is C24H31NO5. The third-order valence-corrected chi connectivity index (χ3v) is 6.40. The fourth-order valence-corrected chi connectivity index (χ4v) is 5.64. The molecule has 30 heavy (non-hydrogen) atoms. The van der Waals surface area contributed by atoms with Crippen molar-refractivity contribution in [2.45, 2.75) is 59.6 Å². The first kappa shape index (κ1) is 20.9. The van der Waals surface area contributed by atoms with Gasteiger partial charge in [0, 0.05) is 30.1 Å². The smallest absolute Gasteiger partial charge is 0.375 e. The molecule has 1 amide bonds. The number of nitrogens with zero attached hydrogens (tertiary/aromatic N) is 1. The van der Waals surface area contributed by atoms with E-state index in [0.29, 0.717) is 17.8 Å². The Kier molecular flexibility index (Phi) is 5.39. The van der Waals surface area contributed by atoms with Gasteiger partial charge in [0.2, 0.25) is 5.76 Å². The maximum atomic E-state index is 12.9. The van der Waals surface area contributed by atoms with Crippen LogP contribution in [0.15, 0.2) is 28.7 Å². The average Bonchev–Trinajstić information content (AvgIpc) is 3.17. The molecule has 2 aromatic rings. The van der Waals surface area contributed by atoms with Crippen LogP contribution in [-0.4, -0.2) is 42.6 Å². The highest BCUT2D eigenvalue weighted by Crippen LogP contribution is 2.52. The normalized spacial score (nSPS) is 24.9. The van der Waals surface area contributed by atoms with Gasteiger partial charge in [0.15, 0.2) is 6.61 Å². The maximum Gasteiger partial charge on any atom is 0.375 e. The van der Waals surface area contributed by atoms with E-state index in [1.807, 2.05) is 30.0 Å². The first-order chi connectivity index (χ1) is 14.2. The summed E-state index contributed by atoms with van der Waals surface area (Å²) in [5, 5.41) is 0.827. The molecule has 1 saturated carbocycles. The van der Waals surface area contributed by atoms with Gasteiger partial charge in [-0.1, -0.05) is 39.0 Å². The minimum Gasteiger partial charge on any atom is -0.450 e. The molecule has 0 spiro atoms. The number of carbonyl (C=O) groups is 2. The highest BCUT2D eigenvalue weighted by Gasteiger charge is 2.51. The predicted octanol–water partition coefficient (Wildman–Crippen LogP) is 4.55. The molecular weight excluding hydrogens is 382 g/mol. The van der Waals surface area contributed by atoms with Gasteiger partial charge < -0.3 is 18.8 Å². The van der Waals surface area contributed by atoms with Gasteiger partial charge in [0.25, 0.3) is 5.91 Å². The van der Waals surface area contributed by atoms with Crippen molar-refractivity contribution in [3.63, 3.8) is 0 Å². The second-order valence-corrected chi connectivity index (χ2v) is 9.85. The summed E-state index contributed by atoms with van der Waals surface area (Å²) in [6.07, 6.45) is 3.13. The lowest BCUT2D eigenvalue weighted by Gasteiger charge is -2.39. The zero-order valence-corrected chi connectivity index (χ0v) is 18.3. The van der Waals surface area contributed by atoms with E-state index in [0.717, 1.165) is 31.2 Å². The number of ether oxygens (including phenoxy) is 2. The summed E-state index contributed by atoms with van der Waals surface area (Å²) in [5.74, 6) is -0.633. The fourth-order valence-electron chi connectivity index (χ4n) is 5.64. The van der Waals surface area contributed by atoms with Gasteiger partial charge in [0.1, 0.15) is 5.58 Å². The van der Waals surface area contributed by atoms with Crippen molar-refractivity contribution in [2.75, 3.05) is 19.8 Å². The molecule has 2 aliphatic rings. The summed E-state index contributed by atoms with van der Waals surface area (Å²) in [7, 11) is 0. The Bertz CT molecular complexity index is 962. The molecule has 6 nitrogen and oxygen atoms in total. The van der Waals surface area contributed by atoms with Gasteiger partial charge in [-0.2, -0.15) is 0 Å². The number of hydrogen-bond acceptors (Lipinski definition) is 5. The highest BCUT2D eigenvalue weighted by molar-refractivity contribution is 5.96. The first-order valence-electron chi connectivity index (χ1n) is 10.8. The van der Waals surface area contributed by atoms with Gasteiger partial charge in [-0.15, -0.1) is 0 Å².